The van der Waals surface area contributed by atoms with Crippen molar-refractivity contribution in [1.82, 2.24) is 0 Å². The fourth-order valence-corrected chi connectivity index (χ4v) is 4.94. The molecule has 1 saturated heterocycles. The number of ether oxygens (including phenoxy) is 6. The van der Waals surface area contributed by atoms with Gasteiger partial charge in [-0.25, -0.2) is 9.59 Å². The Bertz CT molecular complexity index is 1480. The summed E-state index contributed by atoms with van der Waals surface area (Å²) in [5.74, 6) is -1.08. The second-order valence-electron chi connectivity index (χ2n) is 10.4. The quantitative estimate of drug-likeness (QED) is 0.124. The Hall–Kier alpha value is -4.60. The molecule has 0 saturated carbocycles. The van der Waals surface area contributed by atoms with Crippen molar-refractivity contribution >= 4 is 11.9 Å². The summed E-state index contributed by atoms with van der Waals surface area (Å²) in [5, 5.41) is 0. The van der Waals surface area contributed by atoms with Crippen LogP contribution in [0.3, 0.4) is 0 Å². The third-order valence-corrected chi connectivity index (χ3v) is 7.18. The number of hydrogen-bond donors (Lipinski definition) is 0. The fourth-order valence-electron chi connectivity index (χ4n) is 4.94. The van der Waals surface area contributed by atoms with E-state index in [1.165, 1.54) is 0 Å². The molecule has 1 heterocycles. The number of hydrogen-bond acceptors (Lipinski definition) is 8. The van der Waals surface area contributed by atoms with Crippen molar-refractivity contribution in [3.8, 4) is 0 Å². The first-order chi connectivity index (χ1) is 22.1. The summed E-state index contributed by atoms with van der Waals surface area (Å²) in [6.07, 6.45) is -3.07. The SMILES string of the molecule is C=CCO[C@H]1O[C@H](COC(=O)c2ccccc2)[C@@H](OCc2ccccc2)[C@H](OCc2ccccc2)[C@@H]1OC(=O)c1ccccc1. The van der Waals surface area contributed by atoms with Crippen molar-refractivity contribution < 1.29 is 38.0 Å². The largest absolute Gasteiger partial charge is 0.459 e. The summed E-state index contributed by atoms with van der Waals surface area (Å²) in [7, 11) is 0. The summed E-state index contributed by atoms with van der Waals surface area (Å²) in [6.45, 7) is 4.11. The van der Waals surface area contributed by atoms with E-state index >= 15 is 0 Å². The average molecular weight is 609 g/mol. The Morgan fingerprint density at radius 1 is 0.622 bits per heavy atom. The van der Waals surface area contributed by atoms with E-state index in [0.717, 1.165) is 11.1 Å². The smallest absolute Gasteiger partial charge is 0.338 e. The molecule has 1 fully saturated rings. The van der Waals surface area contributed by atoms with Crippen LogP contribution in [0.5, 0.6) is 0 Å². The van der Waals surface area contributed by atoms with Crippen LogP contribution < -0.4 is 0 Å². The van der Waals surface area contributed by atoms with Gasteiger partial charge in [0.1, 0.15) is 24.9 Å². The molecule has 232 valence electrons. The first-order valence-corrected chi connectivity index (χ1v) is 14.8. The van der Waals surface area contributed by atoms with Crippen molar-refractivity contribution in [2.45, 2.75) is 43.9 Å². The van der Waals surface area contributed by atoms with Crippen LogP contribution in [0.2, 0.25) is 0 Å². The van der Waals surface area contributed by atoms with E-state index in [1.54, 1.807) is 54.6 Å². The molecule has 0 amide bonds. The molecule has 0 aliphatic carbocycles. The second kappa shape index (κ2) is 16.5. The van der Waals surface area contributed by atoms with Crippen LogP contribution in [0.1, 0.15) is 31.8 Å². The third kappa shape index (κ3) is 8.97. The van der Waals surface area contributed by atoms with Gasteiger partial charge in [-0.05, 0) is 35.4 Å². The van der Waals surface area contributed by atoms with Gasteiger partial charge in [-0.1, -0.05) is 103 Å². The first-order valence-electron chi connectivity index (χ1n) is 14.8. The molecule has 5 rings (SSSR count). The molecule has 0 N–H and O–H groups in total. The molecular weight excluding hydrogens is 572 g/mol. The predicted octanol–water partition coefficient (Wildman–Crippen LogP) is 6.17. The minimum absolute atomic E-state index is 0.113. The van der Waals surface area contributed by atoms with E-state index in [2.05, 4.69) is 6.58 Å². The van der Waals surface area contributed by atoms with Gasteiger partial charge in [0.15, 0.2) is 12.4 Å². The molecule has 4 aromatic carbocycles. The zero-order valence-corrected chi connectivity index (χ0v) is 24.8. The third-order valence-electron chi connectivity index (χ3n) is 7.18. The highest BCUT2D eigenvalue weighted by Gasteiger charge is 2.50. The van der Waals surface area contributed by atoms with E-state index in [1.807, 2.05) is 72.8 Å². The molecular formula is C37H36O8. The molecule has 0 spiro atoms. The molecule has 4 aromatic rings. The maximum atomic E-state index is 13.4. The van der Waals surface area contributed by atoms with Crippen molar-refractivity contribution in [2.24, 2.45) is 0 Å². The van der Waals surface area contributed by atoms with Gasteiger partial charge < -0.3 is 28.4 Å². The van der Waals surface area contributed by atoms with Crippen LogP contribution in [0.25, 0.3) is 0 Å². The van der Waals surface area contributed by atoms with Gasteiger partial charge in [-0.15, -0.1) is 6.58 Å². The van der Waals surface area contributed by atoms with E-state index in [-0.39, 0.29) is 26.4 Å². The predicted molar refractivity (Wildman–Crippen MR) is 167 cm³/mol. The maximum absolute atomic E-state index is 13.4. The zero-order valence-electron chi connectivity index (χ0n) is 24.8. The van der Waals surface area contributed by atoms with E-state index in [9.17, 15) is 9.59 Å². The highest BCUT2D eigenvalue weighted by Crippen LogP contribution is 2.31. The fraction of sp³-hybridized carbons (Fsp3) is 0.243. The molecule has 0 bridgehead atoms. The monoisotopic (exact) mass is 608 g/mol. The minimum atomic E-state index is -1.08. The second-order valence-corrected chi connectivity index (χ2v) is 10.4. The molecule has 0 radical (unpaired) electrons. The van der Waals surface area contributed by atoms with E-state index < -0.39 is 42.6 Å². The molecule has 5 atom stereocenters. The van der Waals surface area contributed by atoms with Crippen LogP contribution in [-0.4, -0.2) is 55.9 Å². The lowest BCUT2D eigenvalue weighted by Crippen LogP contribution is -2.62. The molecule has 45 heavy (non-hydrogen) atoms. The van der Waals surface area contributed by atoms with E-state index in [4.69, 9.17) is 28.4 Å². The topological polar surface area (TPSA) is 89.5 Å². The van der Waals surface area contributed by atoms with Crippen molar-refractivity contribution in [3.05, 3.63) is 156 Å². The Balaban J connectivity index is 1.47. The van der Waals surface area contributed by atoms with Crippen LogP contribution >= 0.6 is 0 Å². The van der Waals surface area contributed by atoms with Crippen molar-refractivity contribution in [3.63, 3.8) is 0 Å². The molecule has 1 aliphatic heterocycles. The van der Waals surface area contributed by atoms with Gasteiger partial charge in [-0.3, -0.25) is 0 Å². The number of carbonyl (C=O) groups is 2. The lowest BCUT2D eigenvalue weighted by molar-refractivity contribution is -0.313. The molecule has 8 heteroatoms. The highest BCUT2D eigenvalue weighted by atomic mass is 16.7. The molecule has 0 unspecified atom stereocenters. The number of carbonyl (C=O) groups excluding carboxylic acids is 2. The van der Waals surface area contributed by atoms with Crippen molar-refractivity contribution in [1.29, 1.82) is 0 Å². The van der Waals surface area contributed by atoms with Gasteiger partial charge in [0.05, 0.1) is 30.9 Å². The Morgan fingerprint density at radius 2 is 1.11 bits per heavy atom. The van der Waals surface area contributed by atoms with Crippen LogP contribution in [0.4, 0.5) is 0 Å². The summed E-state index contributed by atoms with van der Waals surface area (Å²) in [6, 6.07) is 36.6. The van der Waals surface area contributed by atoms with Crippen LogP contribution in [0, 0.1) is 0 Å². The Labute approximate surface area is 263 Å². The van der Waals surface area contributed by atoms with Gasteiger partial charge in [0, 0.05) is 0 Å². The normalized spacial score (nSPS) is 21.0. The number of esters is 2. The van der Waals surface area contributed by atoms with Crippen LogP contribution in [0.15, 0.2) is 134 Å². The number of benzene rings is 4. The average Bonchev–Trinajstić information content (AvgIpc) is 3.10. The van der Waals surface area contributed by atoms with E-state index in [0.29, 0.717) is 11.1 Å². The molecule has 1 aliphatic rings. The minimum Gasteiger partial charge on any atom is -0.459 e. The Kier molecular flexibility index (Phi) is 11.6. The van der Waals surface area contributed by atoms with Gasteiger partial charge in [0.2, 0.25) is 0 Å². The highest BCUT2D eigenvalue weighted by molar-refractivity contribution is 5.89. The van der Waals surface area contributed by atoms with Crippen LogP contribution in [-0.2, 0) is 41.6 Å². The summed E-state index contributed by atoms with van der Waals surface area (Å²) < 4.78 is 37.2. The van der Waals surface area contributed by atoms with Crippen molar-refractivity contribution in [2.75, 3.05) is 13.2 Å². The Morgan fingerprint density at radius 3 is 1.64 bits per heavy atom. The van der Waals surface area contributed by atoms with Gasteiger partial charge in [-0.2, -0.15) is 0 Å². The summed E-state index contributed by atoms with van der Waals surface area (Å²) in [4.78, 5) is 26.3. The maximum Gasteiger partial charge on any atom is 0.338 e. The summed E-state index contributed by atoms with van der Waals surface area (Å²) >= 11 is 0. The zero-order chi connectivity index (χ0) is 31.3. The lowest BCUT2D eigenvalue weighted by Gasteiger charge is -2.45. The van der Waals surface area contributed by atoms with Gasteiger partial charge >= 0.3 is 11.9 Å². The summed E-state index contributed by atoms with van der Waals surface area (Å²) in [5.41, 5.74) is 2.60. The number of rotatable bonds is 14. The molecule has 8 nitrogen and oxygen atoms in total. The lowest BCUT2D eigenvalue weighted by atomic mass is 9.97. The first kappa shape index (κ1) is 31.8. The standard InChI is InChI=1S/C37H36O8/c1-2-23-40-37-34(45-36(39)30-21-13-6-14-22-30)33(42-25-28-17-9-4-10-18-28)32(41-24-27-15-7-3-8-16-27)31(44-37)26-43-35(38)29-19-11-5-12-20-29/h2-22,31-34,37H,1,23-26H2/t31-,32-,33+,34+,37+/m1/s1. The van der Waals surface area contributed by atoms with Gasteiger partial charge in [0.25, 0.3) is 0 Å². The molecule has 0 aromatic heterocycles.